The average molecular weight is 264 g/mol. The molecule has 1 saturated heterocycles. The molecule has 0 radical (unpaired) electrons. The number of rotatable bonds is 4. The van der Waals surface area contributed by atoms with E-state index in [1.54, 1.807) is 0 Å². The van der Waals surface area contributed by atoms with Gasteiger partial charge in [0.2, 0.25) is 5.91 Å². The fourth-order valence-electron chi connectivity index (χ4n) is 1.92. The highest BCUT2D eigenvalue weighted by atomic mass is 32.2. The summed E-state index contributed by atoms with van der Waals surface area (Å²) in [5, 5.41) is -0.407. The van der Waals surface area contributed by atoms with E-state index >= 15 is 0 Å². The lowest BCUT2D eigenvalue weighted by Gasteiger charge is -2.12. The number of imide groups is 1. The molecule has 0 aromatic heterocycles. The quantitative estimate of drug-likeness (QED) is 0.847. The molecule has 0 spiro atoms. The Kier molecular flexibility index (Phi) is 3.91. The minimum atomic E-state index is -0.285. The number of carbonyl (C=O) groups excluding carboxylic acids is 2. The molecular formula is C13H16N2O2S. The minimum absolute atomic E-state index is 0.0660. The third-order valence-electron chi connectivity index (χ3n) is 2.85. The van der Waals surface area contributed by atoms with E-state index in [9.17, 15) is 9.59 Å². The van der Waals surface area contributed by atoms with E-state index < -0.39 is 0 Å². The van der Waals surface area contributed by atoms with E-state index in [0.29, 0.717) is 18.7 Å². The molecule has 4 nitrogen and oxygen atoms in total. The van der Waals surface area contributed by atoms with E-state index in [4.69, 9.17) is 5.73 Å². The Labute approximate surface area is 111 Å². The monoisotopic (exact) mass is 264 g/mol. The molecule has 0 aliphatic carbocycles. The molecular weight excluding hydrogens is 248 g/mol. The fourth-order valence-corrected chi connectivity index (χ4v) is 2.98. The molecule has 96 valence electrons. The summed E-state index contributed by atoms with van der Waals surface area (Å²) in [6.07, 6.45) is 1.38. The van der Waals surface area contributed by atoms with Crippen molar-refractivity contribution in [1.82, 2.24) is 4.90 Å². The van der Waals surface area contributed by atoms with Crippen LogP contribution in [0.25, 0.3) is 0 Å². The predicted molar refractivity (Wildman–Crippen MR) is 73.3 cm³/mol. The SMILES string of the molecule is CCCN1C(=O)SC(Cc2ccc(N)cc2)C1=O. The van der Waals surface area contributed by atoms with Crippen LogP contribution in [0.3, 0.4) is 0 Å². The molecule has 1 unspecified atom stereocenters. The lowest BCUT2D eigenvalue weighted by Crippen LogP contribution is -2.32. The van der Waals surface area contributed by atoms with Crippen molar-refractivity contribution in [2.75, 3.05) is 12.3 Å². The second kappa shape index (κ2) is 5.44. The molecule has 0 saturated carbocycles. The molecule has 1 heterocycles. The third kappa shape index (κ3) is 2.67. The van der Waals surface area contributed by atoms with Gasteiger partial charge in [0.15, 0.2) is 0 Å². The van der Waals surface area contributed by atoms with E-state index in [1.807, 2.05) is 31.2 Å². The number of carbonyl (C=O) groups is 2. The minimum Gasteiger partial charge on any atom is -0.399 e. The van der Waals surface area contributed by atoms with Gasteiger partial charge in [-0.05, 0) is 30.5 Å². The van der Waals surface area contributed by atoms with Crippen molar-refractivity contribution >= 4 is 28.6 Å². The first-order valence-electron chi connectivity index (χ1n) is 5.98. The molecule has 0 bridgehead atoms. The van der Waals surface area contributed by atoms with Crippen LogP contribution in [-0.4, -0.2) is 27.8 Å². The number of hydrogen-bond acceptors (Lipinski definition) is 4. The Bertz CT molecular complexity index is 459. The Balaban J connectivity index is 2.05. The van der Waals surface area contributed by atoms with Gasteiger partial charge in [-0.2, -0.15) is 0 Å². The summed E-state index contributed by atoms with van der Waals surface area (Å²) in [5.41, 5.74) is 7.34. The number of nitrogens with two attached hydrogens (primary N) is 1. The van der Waals surface area contributed by atoms with E-state index in [2.05, 4.69) is 0 Å². The second-order valence-corrected chi connectivity index (χ2v) is 5.46. The van der Waals surface area contributed by atoms with Gasteiger partial charge in [0, 0.05) is 12.2 Å². The van der Waals surface area contributed by atoms with Crippen molar-refractivity contribution in [3.8, 4) is 0 Å². The van der Waals surface area contributed by atoms with Crippen molar-refractivity contribution in [3.05, 3.63) is 29.8 Å². The van der Waals surface area contributed by atoms with Crippen LogP contribution in [-0.2, 0) is 11.2 Å². The highest BCUT2D eigenvalue weighted by Crippen LogP contribution is 2.29. The highest BCUT2D eigenvalue weighted by molar-refractivity contribution is 8.15. The number of benzene rings is 1. The zero-order chi connectivity index (χ0) is 13.1. The topological polar surface area (TPSA) is 63.4 Å². The molecule has 1 fully saturated rings. The first-order valence-corrected chi connectivity index (χ1v) is 6.86. The van der Waals surface area contributed by atoms with Gasteiger partial charge in [0.25, 0.3) is 5.24 Å². The molecule has 5 heteroatoms. The molecule has 1 aromatic carbocycles. The third-order valence-corrected chi connectivity index (χ3v) is 3.93. The summed E-state index contributed by atoms with van der Waals surface area (Å²) in [4.78, 5) is 25.1. The van der Waals surface area contributed by atoms with Gasteiger partial charge in [-0.25, -0.2) is 0 Å². The Morgan fingerprint density at radius 1 is 1.28 bits per heavy atom. The molecule has 1 aliphatic rings. The molecule has 1 aromatic rings. The predicted octanol–water partition coefficient (Wildman–Crippen LogP) is 2.29. The maximum Gasteiger partial charge on any atom is 0.289 e. The van der Waals surface area contributed by atoms with Crippen molar-refractivity contribution < 1.29 is 9.59 Å². The van der Waals surface area contributed by atoms with Crippen molar-refractivity contribution in [2.24, 2.45) is 0 Å². The molecule has 2 rings (SSSR count). The van der Waals surface area contributed by atoms with Crippen LogP contribution in [0.15, 0.2) is 24.3 Å². The van der Waals surface area contributed by atoms with Gasteiger partial charge in [-0.3, -0.25) is 14.5 Å². The van der Waals surface area contributed by atoms with Gasteiger partial charge >= 0.3 is 0 Å². The lowest BCUT2D eigenvalue weighted by atomic mass is 10.1. The Morgan fingerprint density at radius 3 is 2.56 bits per heavy atom. The van der Waals surface area contributed by atoms with Crippen LogP contribution in [0.5, 0.6) is 0 Å². The molecule has 1 aliphatic heterocycles. The number of hydrogen-bond donors (Lipinski definition) is 1. The zero-order valence-corrected chi connectivity index (χ0v) is 11.1. The summed E-state index contributed by atoms with van der Waals surface area (Å²) in [5.74, 6) is -0.0660. The van der Waals surface area contributed by atoms with Crippen LogP contribution in [0.4, 0.5) is 10.5 Å². The molecule has 2 N–H and O–H groups in total. The van der Waals surface area contributed by atoms with Crippen LogP contribution in [0.1, 0.15) is 18.9 Å². The zero-order valence-electron chi connectivity index (χ0n) is 10.3. The van der Waals surface area contributed by atoms with Gasteiger partial charge in [-0.1, -0.05) is 30.8 Å². The number of amides is 2. The molecule has 18 heavy (non-hydrogen) atoms. The maximum atomic E-state index is 12.0. The van der Waals surface area contributed by atoms with Crippen molar-refractivity contribution in [2.45, 2.75) is 25.0 Å². The fraction of sp³-hybridized carbons (Fsp3) is 0.385. The summed E-state index contributed by atoms with van der Waals surface area (Å²) >= 11 is 1.13. The maximum absolute atomic E-state index is 12.0. The first-order chi connectivity index (χ1) is 8.61. The van der Waals surface area contributed by atoms with Gasteiger partial charge in [0.05, 0.1) is 5.25 Å². The largest absolute Gasteiger partial charge is 0.399 e. The van der Waals surface area contributed by atoms with Crippen LogP contribution < -0.4 is 5.73 Å². The summed E-state index contributed by atoms with van der Waals surface area (Å²) in [6, 6.07) is 7.42. The van der Waals surface area contributed by atoms with Gasteiger partial charge in [0.1, 0.15) is 0 Å². The number of nitrogens with zero attached hydrogens (tertiary/aromatic N) is 1. The number of anilines is 1. The van der Waals surface area contributed by atoms with Gasteiger partial charge < -0.3 is 5.73 Å². The lowest BCUT2D eigenvalue weighted by molar-refractivity contribution is -0.126. The average Bonchev–Trinajstić information content (AvgIpc) is 2.60. The van der Waals surface area contributed by atoms with Crippen LogP contribution in [0, 0.1) is 0 Å². The van der Waals surface area contributed by atoms with E-state index in [1.165, 1.54) is 4.90 Å². The highest BCUT2D eigenvalue weighted by Gasteiger charge is 2.38. The summed E-state index contributed by atoms with van der Waals surface area (Å²) in [7, 11) is 0. The number of thioether (sulfide) groups is 1. The van der Waals surface area contributed by atoms with E-state index in [-0.39, 0.29) is 16.4 Å². The molecule has 2 amide bonds. The second-order valence-electron chi connectivity index (χ2n) is 4.31. The normalized spacial score (nSPS) is 19.6. The Morgan fingerprint density at radius 2 is 1.94 bits per heavy atom. The standard InChI is InChI=1S/C13H16N2O2S/c1-2-7-15-12(16)11(18-13(15)17)8-9-3-5-10(14)6-4-9/h3-6,11H,2,7-8,14H2,1H3. The summed E-state index contributed by atoms with van der Waals surface area (Å²) < 4.78 is 0. The van der Waals surface area contributed by atoms with Crippen molar-refractivity contribution in [1.29, 1.82) is 0 Å². The summed E-state index contributed by atoms with van der Waals surface area (Å²) in [6.45, 7) is 2.47. The smallest absolute Gasteiger partial charge is 0.289 e. The van der Waals surface area contributed by atoms with Gasteiger partial charge in [-0.15, -0.1) is 0 Å². The first kappa shape index (κ1) is 13.0. The van der Waals surface area contributed by atoms with Crippen LogP contribution >= 0.6 is 11.8 Å². The molecule has 1 atom stereocenters. The Hall–Kier alpha value is -1.49. The van der Waals surface area contributed by atoms with Crippen LogP contribution in [0.2, 0.25) is 0 Å². The number of nitrogen functional groups attached to an aromatic ring is 1. The van der Waals surface area contributed by atoms with E-state index in [0.717, 1.165) is 23.7 Å². The van der Waals surface area contributed by atoms with Crippen molar-refractivity contribution in [3.63, 3.8) is 0 Å².